The maximum absolute atomic E-state index is 3.86. The van der Waals surface area contributed by atoms with Gasteiger partial charge in [-0.15, -0.1) is 6.58 Å². The zero-order valence-electron chi connectivity index (χ0n) is 13.8. The normalized spacial score (nSPS) is 34.9. The van der Waals surface area contributed by atoms with Crippen LogP contribution in [0.3, 0.4) is 0 Å². The number of hydrogen-bond donors (Lipinski definition) is 0. The van der Waals surface area contributed by atoms with E-state index in [1.165, 1.54) is 57.8 Å². The number of allylic oxidation sites excluding steroid dienone is 1. The molecule has 0 atom stereocenters. The molecule has 0 radical (unpaired) electrons. The fraction of sp³-hybridized carbons (Fsp3) is 0.900. The average molecular weight is 277 g/mol. The Morgan fingerprint density at radius 1 is 0.800 bits per heavy atom. The maximum atomic E-state index is 3.86. The molecule has 0 nitrogen and oxygen atoms in total. The van der Waals surface area contributed by atoms with Crippen LogP contribution in [0.25, 0.3) is 0 Å². The van der Waals surface area contributed by atoms with Gasteiger partial charge in [-0.2, -0.15) is 0 Å². The standard InChI is InChI=1S/C20H36/c1-3-5-7-17-9-13-19(14-10-17)20-15-11-18(12-16-20)8-6-4-2/h3,17-20H,1,4-16H2,2H3. The van der Waals surface area contributed by atoms with Crippen LogP contribution in [-0.2, 0) is 0 Å². The first kappa shape index (κ1) is 16.1. The van der Waals surface area contributed by atoms with Crippen LogP contribution in [0.4, 0.5) is 0 Å². The quantitative estimate of drug-likeness (QED) is 0.451. The minimum Gasteiger partial charge on any atom is -0.103 e. The summed E-state index contributed by atoms with van der Waals surface area (Å²) in [6, 6.07) is 0. The van der Waals surface area contributed by atoms with Gasteiger partial charge in [0.15, 0.2) is 0 Å². The van der Waals surface area contributed by atoms with Crippen molar-refractivity contribution in [3.05, 3.63) is 12.7 Å². The van der Waals surface area contributed by atoms with Crippen molar-refractivity contribution in [3.8, 4) is 0 Å². The van der Waals surface area contributed by atoms with E-state index in [0.29, 0.717) is 0 Å². The summed E-state index contributed by atoms with van der Waals surface area (Å²) in [7, 11) is 0. The Bertz CT molecular complexity index is 251. The molecule has 2 aliphatic rings. The summed E-state index contributed by atoms with van der Waals surface area (Å²) < 4.78 is 0. The molecule has 0 aromatic heterocycles. The molecule has 0 aromatic rings. The van der Waals surface area contributed by atoms with Crippen molar-refractivity contribution in [2.75, 3.05) is 0 Å². The molecule has 0 unspecified atom stereocenters. The summed E-state index contributed by atoms with van der Waals surface area (Å²) in [6.45, 7) is 6.19. The lowest BCUT2D eigenvalue weighted by Crippen LogP contribution is -2.25. The van der Waals surface area contributed by atoms with Gasteiger partial charge >= 0.3 is 0 Å². The second-order valence-corrected chi connectivity index (χ2v) is 7.57. The highest BCUT2D eigenvalue weighted by Crippen LogP contribution is 2.42. The molecule has 0 aromatic carbocycles. The van der Waals surface area contributed by atoms with Crippen LogP contribution in [0.2, 0.25) is 0 Å². The van der Waals surface area contributed by atoms with Crippen molar-refractivity contribution in [1.29, 1.82) is 0 Å². The zero-order valence-corrected chi connectivity index (χ0v) is 13.8. The number of rotatable bonds is 7. The van der Waals surface area contributed by atoms with Crippen LogP contribution in [-0.4, -0.2) is 0 Å². The highest BCUT2D eigenvalue weighted by molar-refractivity contribution is 4.82. The van der Waals surface area contributed by atoms with Crippen molar-refractivity contribution >= 4 is 0 Å². The molecule has 0 spiro atoms. The second-order valence-electron chi connectivity index (χ2n) is 7.57. The summed E-state index contributed by atoms with van der Waals surface area (Å²) in [5, 5.41) is 0. The summed E-state index contributed by atoms with van der Waals surface area (Å²) in [5.74, 6) is 4.27. The third-order valence-corrected chi connectivity index (χ3v) is 6.19. The van der Waals surface area contributed by atoms with E-state index in [-0.39, 0.29) is 0 Å². The van der Waals surface area contributed by atoms with Gasteiger partial charge in [0.1, 0.15) is 0 Å². The van der Waals surface area contributed by atoms with Gasteiger partial charge in [0.25, 0.3) is 0 Å². The predicted molar refractivity (Wildman–Crippen MR) is 89.9 cm³/mol. The highest BCUT2D eigenvalue weighted by Gasteiger charge is 2.30. The van der Waals surface area contributed by atoms with E-state index < -0.39 is 0 Å². The van der Waals surface area contributed by atoms with Crippen LogP contribution in [0.15, 0.2) is 12.7 Å². The van der Waals surface area contributed by atoms with Crippen LogP contribution in [0, 0.1) is 23.7 Å². The van der Waals surface area contributed by atoms with E-state index in [9.17, 15) is 0 Å². The van der Waals surface area contributed by atoms with Gasteiger partial charge in [-0.05, 0) is 62.2 Å². The van der Waals surface area contributed by atoms with Crippen LogP contribution in [0.5, 0.6) is 0 Å². The monoisotopic (exact) mass is 276 g/mol. The molecule has 0 saturated heterocycles. The first-order valence-corrected chi connectivity index (χ1v) is 9.44. The molecule has 0 amide bonds. The molecule has 2 saturated carbocycles. The van der Waals surface area contributed by atoms with E-state index in [2.05, 4.69) is 19.6 Å². The number of hydrogen-bond acceptors (Lipinski definition) is 0. The fourth-order valence-corrected chi connectivity index (χ4v) is 4.74. The molecular weight excluding hydrogens is 240 g/mol. The largest absolute Gasteiger partial charge is 0.103 e. The Morgan fingerprint density at radius 2 is 1.30 bits per heavy atom. The van der Waals surface area contributed by atoms with Crippen molar-refractivity contribution in [3.63, 3.8) is 0 Å². The molecule has 0 bridgehead atoms. The molecular formula is C20H36. The van der Waals surface area contributed by atoms with Gasteiger partial charge in [0, 0.05) is 0 Å². The first-order chi connectivity index (χ1) is 9.83. The summed E-state index contributed by atoms with van der Waals surface area (Å²) >= 11 is 0. The van der Waals surface area contributed by atoms with Crippen LogP contribution < -0.4 is 0 Å². The zero-order chi connectivity index (χ0) is 14.2. The maximum Gasteiger partial charge on any atom is -0.0351 e. The molecule has 0 heterocycles. The van der Waals surface area contributed by atoms with Gasteiger partial charge < -0.3 is 0 Å². The number of unbranched alkanes of at least 4 members (excludes halogenated alkanes) is 1. The highest BCUT2D eigenvalue weighted by atomic mass is 14.4. The molecule has 2 fully saturated rings. The Morgan fingerprint density at radius 3 is 1.75 bits per heavy atom. The Kier molecular flexibility index (Phi) is 7.17. The lowest BCUT2D eigenvalue weighted by Gasteiger charge is -2.38. The van der Waals surface area contributed by atoms with Crippen LogP contribution in [0.1, 0.15) is 90.4 Å². The second kappa shape index (κ2) is 8.90. The molecule has 116 valence electrons. The van der Waals surface area contributed by atoms with E-state index in [1.807, 2.05) is 0 Å². The minimum absolute atomic E-state index is 1.02. The van der Waals surface area contributed by atoms with Gasteiger partial charge in [-0.3, -0.25) is 0 Å². The fourth-order valence-electron chi connectivity index (χ4n) is 4.74. The third kappa shape index (κ3) is 4.93. The van der Waals surface area contributed by atoms with Gasteiger partial charge in [-0.25, -0.2) is 0 Å². The molecule has 2 rings (SSSR count). The summed E-state index contributed by atoms with van der Waals surface area (Å²) in [5.41, 5.74) is 0. The van der Waals surface area contributed by atoms with Crippen molar-refractivity contribution < 1.29 is 0 Å². The van der Waals surface area contributed by atoms with Gasteiger partial charge in [-0.1, -0.05) is 57.9 Å². The Hall–Kier alpha value is -0.260. The van der Waals surface area contributed by atoms with Crippen molar-refractivity contribution in [2.24, 2.45) is 23.7 Å². The topological polar surface area (TPSA) is 0 Å². The van der Waals surface area contributed by atoms with E-state index in [0.717, 1.165) is 23.7 Å². The Balaban J connectivity index is 1.64. The lowest BCUT2D eigenvalue weighted by molar-refractivity contribution is 0.141. The molecule has 2 aliphatic carbocycles. The summed E-state index contributed by atoms with van der Waals surface area (Å²) in [6.07, 6.45) is 21.4. The molecule has 0 heteroatoms. The molecule has 20 heavy (non-hydrogen) atoms. The SMILES string of the molecule is C=CCCC1CCC(C2CCC(CCCC)CC2)CC1. The molecule has 0 N–H and O–H groups in total. The van der Waals surface area contributed by atoms with Crippen molar-refractivity contribution in [1.82, 2.24) is 0 Å². The van der Waals surface area contributed by atoms with E-state index in [4.69, 9.17) is 0 Å². The van der Waals surface area contributed by atoms with E-state index >= 15 is 0 Å². The lowest BCUT2D eigenvalue weighted by atomic mass is 9.68. The minimum atomic E-state index is 1.02. The first-order valence-electron chi connectivity index (χ1n) is 9.44. The Labute approximate surface area is 127 Å². The van der Waals surface area contributed by atoms with Crippen LogP contribution >= 0.6 is 0 Å². The van der Waals surface area contributed by atoms with Gasteiger partial charge in [0.2, 0.25) is 0 Å². The van der Waals surface area contributed by atoms with Gasteiger partial charge in [0.05, 0.1) is 0 Å². The van der Waals surface area contributed by atoms with E-state index in [1.54, 1.807) is 25.7 Å². The average Bonchev–Trinajstić information content (AvgIpc) is 2.52. The summed E-state index contributed by atoms with van der Waals surface area (Å²) in [4.78, 5) is 0. The third-order valence-electron chi connectivity index (χ3n) is 6.19. The smallest absolute Gasteiger partial charge is 0.0351 e. The molecule has 0 aliphatic heterocycles. The predicted octanol–water partition coefficient (Wildman–Crippen LogP) is 6.76. The van der Waals surface area contributed by atoms with Crippen molar-refractivity contribution in [2.45, 2.75) is 90.4 Å².